The zero-order valence-electron chi connectivity index (χ0n) is 14.0. The molecule has 0 amide bonds. The minimum atomic E-state index is -0.379. The second-order valence-corrected chi connectivity index (χ2v) is 6.60. The first-order chi connectivity index (χ1) is 12.6. The largest absolute Gasteiger partial charge is 0.420 e. The highest BCUT2D eigenvalue weighted by molar-refractivity contribution is 6.30. The Balaban J connectivity index is 1.93. The lowest BCUT2D eigenvalue weighted by molar-refractivity contribution is 0.379. The molecule has 26 heavy (non-hydrogen) atoms. The van der Waals surface area contributed by atoms with Gasteiger partial charge in [-0.05, 0) is 24.6 Å². The van der Waals surface area contributed by atoms with Gasteiger partial charge < -0.3 is 10.5 Å². The minimum Gasteiger partial charge on any atom is -0.420 e. The van der Waals surface area contributed by atoms with E-state index in [2.05, 4.69) is 16.3 Å². The summed E-state index contributed by atoms with van der Waals surface area (Å²) >= 11 is 6.03. The van der Waals surface area contributed by atoms with Crippen molar-refractivity contribution in [1.29, 1.82) is 5.26 Å². The Bertz CT molecular complexity index is 1040. The molecule has 0 radical (unpaired) electrons. The number of aromatic amines is 1. The predicted molar refractivity (Wildman–Crippen MR) is 99.5 cm³/mol. The molecule has 128 valence electrons. The molecule has 1 aromatic heterocycles. The zero-order chi connectivity index (χ0) is 18.3. The van der Waals surface area contributed by atoms with E-state index in [0.717, 1.165) is 27.9 Å². The maximum Gasteiger partial charge on any atom is 0.244 e. The van der Waals surface area contributed by atoms with Gasteiger partial charge in [0.05, 0.1) is 17.2 Å². The monoisotopic (exact) mass is 362 g/mol. The van der Waals surface area contributed by atoms with Crippen LogP contribution in [0, 0.1) is 18.3 Å². The molecule has 3 N–H and O–H groups in total. The van der Waals surface area contributed by atoms with Crippen molar-refractivity contribution in [3.63, 3.8) is 0 Å². The number of rotatable bonds is 2. The fraction of sp³-hybridized carbons (Fsp3) is 0.100. The van der Waals surface area contributed by atoms with E-state index in [1.165, 1.54) is 0 Å². The highest BCUT2D eigenvalue weighted by Gasteiger charge is 2.35. The molecule has 4 rings (SSSR count). The summed E-state index contributed by atoms with van der Waals surface area (Å²) < 4.78 is 5.60. The molecule has 6 heteroatoms. The second kappa shape index (κ2) is 6.25. The number of nitrogens with zero attached hydrogens (tertiary/aromatic N) is 2. The Kier molecular flexibility index (Phi) is 3.90. The van der Waals surface area contributed by atoms with E-state index < -0.39 is 0 Å². The Morgan fingerprint density at radius 1 is 1.15 bits per heavy atom. The molecular weight excluding hydrogens is 348 g/mol. The van der Waals surface area contributed by atoms with Crippen molar-refractivity contribution < 1.29 is 4.74 Å². The summed E-state index contributed by atoms with van der Waals surface area (Å²) in [6.45, 7) is 2.03. The van der Waals surface area contributed by atoms with Crippen LogP contribution in [0.4, 0.5) is 0 Å². The number of aromatic nitrogens is 2. The first-order valence-electron chi connectivity index (χ1n) is 8.07. The SMILES string of the molecule is Cc1ccc(-c2[nH]nc3c2C(c2ccc(Cl)cc2)C(C#N)=C(N)O3)cc1. The standard InChI is InChI=1S/C20H15ClN4O/c1-11-2-4-13(5-3-11)18-17-16(12-6-8-14(21)9-7-12)15(10-22)19(23)26-20(17)25-24-18/h2-9,16H,23H2,1H3,(H,24,25). The molecule has 1 unspecified atom stereocenters. The van der Waals surface area contributed by atoms with Crippen LogP contribution in [0.1, 0.15) is 22.6 Å². The van der Waals surface area contributed by atoms with Gasteiger partial charge in [-0.3, -0.25) is 5.10 Å². The van der Waals surface area contributed by atoms with Gasteiger partial charge in [-0.25, -0.2) is 0 Å². The number of nitriles is 1. The highest BCUT2D eigenvalue weighted by atomic mass is 35.5. The first kappa shape index (κ1) is 16.2. The van der Waals surface area contributed by atoms with Gasteiger partial charge in [-0.2, -0.15) is 5.26 Å². The summed E-state index contributed by atoms with van der Waals surface area (Å²) in [7, 11) is 0. The number of hydrogen-bond donors (Lipinski definition) is 2. The summed E-state index contributed by atoms with van der Waals surface area (Å²) in [5.74, 6) is 0.0787. The Hall–Kier alpha value is -3.23. The van der Waals surface area contributed by atoms with Crippen LogP contribution in [-0.2, 0) is 0 Å². The van der Waals surface area contributed by atoms with Gasteiger partial charge in [0.15, 0.2) is 0 Å². The third kappa shape index (κ3) is 2.61. The molecule has 0 saturated carbocycles. The number of nitrogens with one attached hydrogen (secondary N) is 1. The molecule has 0 bridgehead atoms. The van der Waals surface area contributed by atoms with E-state index in [0.29, 0.717) is 16.5 Å². The van der Waals surface area contributed by atoms with Gasteiger partial charge in [0.25, 0.3) is 0 Å². The van der Waals surface area contributed by atoms with E-state index >= 15 is 0 Å². The number of fused-ring (bicyclic) bond motifs is 1. The number of aryl methyl sites for hydroxylation is 1. The molecule has 0 saturated heterocycles. The average molecular weight is 363 g/mol. The van der Waals surface area contributed by atoms with Crippen LogP contribution in [0.2, 0.25) is 5.02 Å². The fourth-order valence-corrected chi connectivity index (χ4v) is 3.30. The third-order valence-electron chi connectivity index (χ3n) is 4.48. The maximum atomic E-state index is 9.68. The lowest BCUT2D eigenvalue weighted by Gasteiger charge is -2.24. The smallest absolute Gasteiger partial charge is 0.244 e. The molecule has 0 fully saturated rings. The van der Waals surface area contributed by atoms with E-state index in [4.69, 9.17) is 22.1 Å². The lowest BCUT2D eigenvalue weighted by atomic mass is 9.83. The van der Waals surface area contributed by atoms with Gasteiger partial charge in [-0.1, -0.05) is 53.6 Å². The van der Waals surface area contributed by atoms with Crippen molar-refractivity contribution in [3.05, 3.63) is 81.7 Å². The molecule has 3 aromatic rings. The van der Waals surface area contributed by atoms with Crippen LogP contribution >= 0.6 is 11.6 Å². The van der Waals surface area contributed by atoms with E-state index in [1.54, 1.807) is 12.1 Å². The highest BCUT2D eigenvalue weighted by Crippen LogP contribution is 2.45. The van der Waals surface area contributed by atoms with Crippen molar-refractivity contribution in [2.24, 2.45) is 5.73 Å². The van der Waals surface area contributed by atoms with Crippen molar-refractivity contribution in [2.75, 3.05) is 0 Å². The Morgan fingerprint density at radius 2 is 1.85 bits per heavy atom. The summed E-state index contributed by atoms with van der Waals surface area (Å²) in [6.07, 6.45) is 0. The van der Waals surface area contributed by atoms with Crippen LogP contribution in [-0.4, -0.2) is 10.2 Å². The Labute approximate surface area is 155 Å². The molecular formula is C20H15ClN4O. The number of halogens is 1. The van der Waals surface area contributed by atoms with Crippen LogP contribution in [0.25, 0.3) is 11.3 Å². The third-order valence-corrected chi connectivity index (χ3v) is 4.73. The molecule has 5 nitrogen and oxygen atoms in total. The van der Waals surface area contributed by atoms with Crippen LogP contribution < -0.4 is 10.5 Å². The number of ether oxygens (including phenoxy) is 1. The van der Waals surface area contributed by atoms with Crippen LogP contribution in [0.3, 0.4) is 0 Å². The number of benzene rings is 2. The van der Waals surface area contributed by atoms with E-state index in [9.17, 15) is 5.26 Å². The maximum absolute atomic E-state index is 9.68. The predicted octanol–water partition coefficient (Wildman–Crippen LogP) is 4.26. The normalized spacial score (nSPS) is 16.0. The summed E-state index contributed by atoms with van der Waals surface area (Å²) in [4.78, 5) is 0. The van der Waals surface area contributed by atoms with E-state index in [1.807, 2.05) is 43.3 Å². The first-order valence-corrected chi connectivity index (χ1v) is 8.44. The number of hydrogen-bond acceptors (Lipinski definition) is 4. The molecule has 2 aromatic carbocycles. The van der Waals surface area contributed by atoms with Crippen molar-refractivity contribution in [3.8, 4) is 23.2 Å². The molecule has 1 aliphatic rings. The molecule has 2 heterocycles. The summed E-state index contributed by atoms with van der Waals surface area (Å²) in [6, 6.07) is 17.6. The summed E-state index contributed by atoms with van der Waals surface area (Å²) in [5, 5.41) is 17.6. The number of H-pyrrole nitrogens is 1. The quantitative estimate of drug-likeness (QED) is 0.713. The van der Waals surface area contributed by atoms with E-state index in [-0.39, 0.29) is 11.8 Å². The average Bonchev–Trinajstić information content (AvgIpc) is 3.05. The lowest BCUT2D eigenvalue weighted by Crippen LogP contribution is -2.20. The molecule has 0 aliphatic carbocycles. The van der Waals surface area contributed by atoms with Crippen molar-refractivity contribution in [1.82, 2.24) is 10.2 Å². The van der Waals surface area contributed by atoms with Gasteiger partial charge >= 0.3 is 0 Å². The topological polar surface area (TPSA) is 87.7 Å². The summed E-state index contributed by atoms with van der Waals surface area (Å²) in [5.41, 5.74) is 11.0. The fourth-order valence-electron chi connectivity index (χ4n) is 3.17. The van der Waals surface area contributed by atoms with Crippen molar-refractivity contribution >= 4 is 11.6 Å². The molecule has 1 atom stereocenters. The number of allylic oxidation sites excluding steroid dienone is 1. The second-order valence-electron chi connectivity index (χ2n) is 6.16. The number of nitrogens with two attached hydrogens (primary N) is 1. The van der Waals surface area contributed by atoms with Crippen LogP contribution in [0.5, 0.6) is 5.88 Å². The minimum absolute atomic E-state index is 0.0712. The van der Waals surface area contributed by atoms with Gasteiger partial charge in [0, 0.05) is 10.6 Å². The molecule has 1 aliphatic heterocycles. The van der Waals surface area contributed by atoms with Crippen LogP contribution in [0.15, 0.2) is 60.0 Å². The Morgan fingerprint density at radius 3 is 2.50 bits per heavy atom. The van der Waals surface area contributed by atoms with Gasteiger partial charge in [-0.15, -0.1) is 5.10 Å². The zero-order valence-corrected chi connectivity index (χ0v) is 14.7. The van der Waals surface area contributed by atoms with Gasteiger partial charge in [0.1, 0.15) is 11.6 Å². The molecule has 0 spiro atoms. The van der Waals surface area contributed by atoms with Gasteiger partial charge in [0.2, 0.25) is 11.8 Å². The van der Waals surface area contributed by atoms with Crippen molar-refractivity contribution in [2.45, 2.75) is 12.8 Å².